The van der Waals surface area contributed by atoms with Crippen LogP contribution >= 0.6 is 0 Å². The molecule has 0 aliphatic heterocycles. The van der Waals surface area contributed by atoms with Gasteiger partial charge in [0, 0.05) is 0 Å². The van der Waals surface area contributed by atoms with Crippen molar-refractivity contribution in [2.75, 3.05) is 0 Å². The minimum absolute atomic E-state index is 0. The SMILES string of the molecule is O=C(O)O.[H-].[K+].[SiH4]. The van der Waals surface area contributed by atoms with Crippen LogP contribution in [0.3, 0.4) is 0 Å². The predicted octanol–water partition coefficient (Wildman–Crippen LogP) is -4.11. The van der Waals surface area contributed by atoms with Crippen molar-refractivity contribution in [2.24, 2.45) is 0 Å². The van der Waals surface area contributed by atoms with Crippen LogP contribution in [0.4, 0.5) is 4.79 Å². The molecule has 0 unspecified atom stereocenters. The van der Waals surface area contributed by atoms with E-state index in [1.54, 1.807) is 0 Å². The zero-order valence-electron chi connectivity index (χ0n) is 3.80. The predicted molar refractivity (Wildman–Crippen MR) is 23.1 cm³/mol. The van der Waals surface area contributed by atoms with E-state index in [-0.39, 0.29) is 63.8 Å². The molecule has 0 fully saturated rings. The minimum atomic E-state index is -1.83. The molecule has 0 atom stereocenters. The van der Waals surface area contributed by atoms with Crippen LogP contribution < -0.4 is 51.4 Å². The summed E-state index contributed by atoms with van der Waals surface area (Å²) < 4.78 is 0. The molecule has 2 N–H and O–H groups in total. The molecule has 0 saturated heterocycles. The maximum atomic E-state index is 8.56. The van der Waals surface area contributed by atoms with E-state index in [0.717, 1.165) is 0 Å². The molecule has 0 aliphatic carbocycles. The van der Waals surface area contributed by atoms with E-state index in [2.05, 4.69) is 0 Å². The van der Waals surface area contributed by atoms with Crippen LogP contribution in [-0.2, 0) is 0 Å². The van der Waals surface area contributed by atoms with Gasteiger partial charge in [-0.1, -0.05) is 0 Å². The molecule has 34 valence electrons. The van der Waals surface area contributed by atoms with Gasteiger partial charge in [0.1, 0.15) is 0 Å². The summed E-state index contributed by atoms with van der Waals surface area (Å²) in [5, 5.41) is 13.9. The Labute approximate surface area is 83.7 Å². The van der Waals surface area contributed by atoms with Crippen molar-refractivity contribution in [3.05, 3.63) is 0 Å². The topological polar surface area (TPSA) is 57.5 Å². The molecule has 0 aromatic rings. The van der Waals surface area contributed by atoms with E-state index in [1.807, 2.05) is 0 Å². The summed E-state index contributed by atoms with van der Waals surface area (Å²) in [6.07, 6.45) is -1.83. The zero-order valence-corrected chi connectivity index (χ0v) is 5.93. The monoisotopic (exact) mass is 134 g/mol. The van der Waals surface area contributed by atoms with Crippen LogP contribution in [0.25, 0.3) is 0 Å². The Morgan fingerprint density at radius 2 is 1.50 bits per heavy atom. The molecule has 0 spiro atoms. The van der Waals surface area contributed by atoms with Crippen LogP contribution in [0.5, 0.6) is 0 Å². The quantitative estimate of drug-likeness (QED) is 0.331. The van der Waals surface area contributed by atoms with Gasteiger partial charge in [-0.15, -0.1) is 0 Å². The fraction of sp³-hybridized carbons (Fsp3) is 0. The van der Waals surface area contributed by atoms with Gasteiger partial charge >= 0.3 is 57.5 Å². The summed E-state index contributed by atoms with van der Waals surface area (Å²) in [7, 11) is 0. The van der Waals surface area contributed by atoms with Gasteiger partial charge in [-0.05, 0) is 11.0 Å². The molecule has 0 aliphatic rings. The Hall–Kier alpha value is 1.12. The maximum absolute atomic E-state index is 8.56. The van der Waals surface area contributed by atoms with Crippen LogP contribution in [0.15, 0.2) is 0 Å². The second-order valence-corrected chi connectivity index (χ2v) is 0.283. The van der Waals surface area contributed by atoms with Crippen LogP contribution in [0.2, 0.25) is 0 Å². The van der Waals surface area contributed by atoms with Crippen molar-refractivity contribution in [2.45, 2.75) is 0 Å². The smallest absolute Gasteiger partial charge is 1.00 e. The average Bonchev–Trinajstić information content (AvgIpc) is 0.811. The average molecular weight is 134 g/mol. The minimum Gasteiger partial charge on any atom is -1.00 e. The summed E-state index contributed by atoms with van der Waals surface area (Å²) in [6.45, 7) is 0. The fourth-order valence-electron chi connectivity index (χ4n) is 0. The van der Waals surface area contributed by atoms with Crippen LogP contribution in [-0.4, -0.2) is 27.3 Å². The van der Waals surface area contributed by atoms with E-state index in [9.17, 15) is 0 Å². The second-order valence-electron chi connectivity index (χ2n) is 0.283. The number of rotatable bonds is 0. The summed E-state index contributed by atoms with van der Waals surface area (Å²) in [5.41, 5.74) is 0. The number of hydrogen-bond donors (Lipinski definition) is 2. The van der Waals surface area contributed by atoms with Gasteiger partial charge in [0.05, 0.1) is 0 Å². The van der Waals surface area contributed by atoms with E-state index in [4.69, 9.17) is 15.0 Å². The molecule has 0 bridgehead atoms. The van der Waals surface area contributed by atoms with Crippen molar-refractivity contribution >= 4 is 17.1 Å². The third-order valence-electron chi connectivity index (χ3n) is 0. The Balaban J connectivity index is -0.0000000150. The Morgan fingerprint density at radius 3 is 1.50 bits per heavy atom. The van der Waals surface area contributed by atoms with Gasteiger partial charge in [-0.25, -0.2) is 4.79 Å². The largest absolute Gasteiger partial charge is 1.00 e. The molecule has 0 amide bonds. The zero-order chi connectivity index (χ0) is 3.58. The first kappa shape index (κ1) is 15.7. The van der Waals surface area contributed by atoms with Crippen molar-refractivity contribution in [3.63, 3.8) is 0 Å². The Morgan fingerprint density at radius 1 is 1.50 bits per heavy atom. The Bertz CT molecular complexity index is 37.9. The normalized spacial score (nSPS) is 4.00. The first-order valence-electron chi connectivity index (χ1n) is 0.651. The first-order valence-corrected chi connectivity index (χ1v) is 0.651. The molecule has 0 aromatic carbocycles. The molecular formula is CH7KO3Si. The van der Waals surface area contributed by atoms with Gasteiger partial charge in [0.2, 0.25) is 0 Å². The van der Waals surface area contributed by atoms with Gasteiger partial charge in [-0.3, -0.25) is 0 Å². The van der Waals surface area contributed by atoms with E-state index < -0.39 is 6.16 Å². The van der Waals surface area contributed by atoms with Gasteiger partial charge in [0.25, 0.3) is 0 Å². The third-order valence-corrected chi connectivity index (χ3v) is 0. The molecule has 0 heterocycles. The van der Waals surface area contributed by atoms with Crippen molar-refractivity contribution in [1.82, 2.24) is 0 Å². The molecule has 5 heteroatoms. The number of hydrogen-bond acceptors (Lipinski definition) is 1. The molecule has 0 aromatic heterocycles. The summed E-state index contributed by atoms with van der Waals surface area (Å²) in [5.74, 6) is 0. The van der Waals surface area contributed by atoms with Crippen molar-refractivity contribution in [1.29, 1.82) is 0 Å². The van der Waals surface area contributed by atoms with Crippen molar-refractivity contribution < 1.29 is 67.8 Å². The Kier molecular flexibility index (Phi) is 24.8. The second kappa shape index (κ2) is 9.45. The standard InChI is InChI=1S/CH2O3.K.H4Si.H/c2-1(3)4;;;/h(H2,2,3,4);;1H4;/q;+1;;-1. The summed E-state index contributed by atoms with van der Waals surface area (Å²) in [4.78, 5) is 8.56. The molecule has 6 heavy (non-hydrogen) atoms. The fourth-order valence-corrected chi connectivity index (χ4v) is 0. The maximum Gasteiger partial charge on any atom is 1.00 e. The van der Waals surface area contributed by atoms with E-state index in [1.165, 1.54) is 0 Å². The van der Waals surface area contributed by atoms with Crippen LogP contribution in [0.1, 0.15) is 1.43 Å². The van der Waals surface area contributed by atoms with Gasteiger partial charge in [0.15, 0.2) is 0 Å². The van der Waals surface area contributed by atoms with Crippen molar-refractivity contribution in [3.8, 4) is 0 Å². The molecule has 0 rings (SSSR count). The number of carboxylic acid groups (broad SMARTS) is 2. The first-order chi connectivity index (χ1) is 1.73. The van der Waals surface area contributed by atoms with E-state index in [0.29, 0.717) is 0 Å². The van der Waals surface area contributed by atoms with Gasteiger partial charge < -0.3 is 11.6 Å². The molecule has 3 nitrogen and oxygen atoms in total. The molecular weight excluding hydrogens is 127 g/mol. The summed E-state index contributed by atoms with van der Waals surface area (Å²) in [6, 6.07) is 0. The van der Waals surface area contributed by atoms with Crippen LogP contribution in [0, 0.1) is 0 Å². The molecule has 0 saturated carbocycles. The third kappa shape index (κ3) is 69.0. The molecule has 0 radical (unpaired) electrons. The number of carbonyl (C=O) groups is 1. The summed E-state index contributed by atoms with van der Waals surface area (Å²) >= 11 is 0. The van der Waals surface area contributed by atoms with E-state index >= 15 is 0 Å². The van der Waals surface area contributed by atoms with Gasteiger partial charge in [-0.2, -0.15) is 0 Å².